The second-order valence-corrected chi connectivity index (χ2v) is 8.98. The summed E-state index contributed by atoms with van der Waals surface area (Å²) < 4.78 is 0. The van der Waals surface area contributed by atoms with Gasteiger partial charge >= 0.3 is 0 Å². The van der Waals surface area contributed by atoms with Gasteiger partial charge in [-0.15, -0.1) is 0 Å². The maximum Gasteiger partial charge on any atom is 0.244 e. The van der Waals surface area contributed by atoms with Crippen LogP contribution in [0.3, 0.4) is 0 Å². The van der Waals surface area contributed by atoms with Gasteiger partial charge in [-0.05, 0) is 73.3 Å². The van der Waals surface area contributed by atoms with Gasteiger partial charge in [0.25, 0.3) is 0 Å². The maximum atomic E-state index is 12.4. The van der Waals surface area contributed by atoms with E-state index in [2.05, 4.69) is 10.6 Å². The first-order chi connectivity index (χ1) is 13.1. The van der Waals surface area contributed by atoms with Crippen LogP contribution in [0.4, 0.5) is 0 Å². The molecule has 0 saturated heterocycles. The first-order valence-corrected chi connectivity index (χ1v) is 10.4. The van der Waals surface area contributed by atoms with Crippen LogP contribution < -0.4 is 10.6 Å². The molecule has 4 aliphatic rings. The van der Waals surface area contributed by atoms with E-state index in [1.807, 2.05) is 30.3 Å². The summed E-state index contributed by atoms with van der Waals surface area (Å²) in [7, 11) is 0. The number of amides is 2. The summed E-state index contributed by atoms with van der Waals surface area (Å²) in [6.07, 6.45) is 12.0. The molecule has 4 fully saturated rings. The van der Waals surface area contributed by atoms with E-state index < -0.39 is 0 Å². The van der Waals surface area contributed by atoms with Gasteiger partial charge in [-0.1, -0.05) is 30.3 Å². The van der Waals surface area contributed by atoms with Crippen molar-refractivity contribution in [1.82, 2.24) is 10.6 Å². The largest absolute Gasteiger partial charge is 0.354 e. The van der Waals surface area contributed by atoms with Crippen LogP contribution in [0.5, 0.6) is 0 Å². The van der Waals surface area contributed by atoms with Gasteiger partial charge in [0.15, 0.2) is 0 Å². The molecule has 4 nitrogen and oxygen atoms in total. The van der Waals surface area contributed by atoms with Crippen molar-refractivity contribution in [2.24, 2.45) is 23.2 Å². The lowest BCUT2D eigenvalue weighted by Crippen LogP contribution is -2.48. The van der Waals surface area contributed by atoms with E-state index >= 15 is 0 Å². The second-order valence-electron chi connectivity index (χ2n) is 8.98. The summed E-state index contributed by atoms with van der Waals surface area (Å²) >= 11 is 0. The average Bonchev–Trinajstić information content (AvgIpc) is 2.63. The third-order valence-corrected chi connectivity index (χ3v) is 6.67. The van der Waals surface area contributed by atoms with Gasteiger partial charge in [-0.25, -0.2) is 0 Å². The Hall–Kier alpha value is -2.10. The van der Waals surface area contributed by atoms with Gasteiger partial charge < -0.3 is 10.6 Å². The van der Waals surface area contributed by atoms with Crippen molar-refractivity contribution in [2.45, 2.75) is 44.9 Å². The van der Waals surface area contributed by atoms with Crippen molar-refractivity contribution in [3.05, 3.63) is 42.0 Å². The Morgan fingerprint density at radius 2 is 1.52 bits per heavy atom. The number of nitrogens with one attached hydrogen (secondary N) is 2. The van der Waals surface area contributed by atoms with Crippen molar-refractivity contribution >= 4 is 17.9 Å². The number of hydrogen-bond acceptors (Lipinski definition) is 2. The van der Waals surface area contributed by atoms with Gasteiger partial charge in [-0.2, -0.15) is 0 Å². The number of hydrogen-bond donors (Lipinski definition) is 2. The number of benzene rings is 1. The van der Waals surface area contributed by atoms with Crippen LogP contribution in [0.25, 0.3) is 6.08 Å². The van der Waals surface area contributed by atoms with Crippen LogP contribution in [0.1, 0.15) is 50.5 Å². The Morgan fingerprint density at radius 1 is 0.926 bits per heavy atom. The Morgan fingerprint density at radius 3 is 2.15 bits per heavy atom. The van der Waals surface area contributed by atoms with Crippen LogP contribution in [-0.2, 0) is 9.59 Å². The van der Waals surface area contributed by atoms with E-state index in [0.717, 1.165) is 23.3 Å². The molecule has 144 valence electrons. The number of carbonyl (C=O) groups is 2. The monoisotopic (exact) mass is 366 g/mol. The van der Waals surface area contributed by atoms with Crippen LogP contribution >= 0.6 is 0 Å². The average molecular weight is 367 g/mol. The van der Waals surface area contributed by atoms with Crippen molar-refractivity contribution in [2.75, 3.05) is 13.1 Å². The van der Waals surface area contributed by atoms with E-state index in [1.54, 1.807) is 6.08 Å². The summed E-state index contributed by atoms with van der Waals surface area (Å²) in [4.78, 5) is 24.3. The molecule has 0 heterocycles. The highest BCUT2D eigenvalue weighted by Gasteiger charge is 2.51. The number of carbonyl (C=O) groups excluding carboxylic acids is 2. The molecule has 4 aliphatic carbocycles. The fourth-order valence-corrected chi connectivity index (χ4v) is 6.09. The molecule has 4 bridgehead atoms. The molecule has 0 radical (unpaired) electrons. The summed E-state index contributed by atoms with van der Waals surface area (Å²) in [6, 6.07) is 9.74. The minimum atomic E-state index is -0.130. The Kier molecular flexibility index (Phi) is 5.33. The lowest BCUT2D eigenvalue weighted by molar-refractivity contribution is -0.129. The smallest absolute Gasteiger partial charge is 0.244 e. The minimum absolute atomic E-state index is 0.130. The van der Waals surface area contributed by atoms with E-state index in [4.69, 9.17) is 0 Å². The second kappa shape index (κ2) is 7.87. The zero-order valence-corrected chi connectivity index (χ0v) is 16.0. The third-order valence-electron chi connectivity index (χ3n) is 6.67. The molecule has 5 rings (SSSR count). The van der Waals surface area contributed by atoms with Crippen molar-refractivity contribution in [3.8, 4) is 0 Å². The summed E-state index contributed by atoms with van der Waals surface area (Å²) in [5.41, 5.74) is 1.28. The molecule has 0 unspecified atom stereocenters. The van der Waals surface area contributed by atoms with Crippen LogP contribution in [0, 0.1) is 23.2 Å². The molecule has 0 aliphatic heterocycles. The summed E-state index contributed by atoms with van der Waals surface area (Å²) in [6.45, 7) is 0.959. The molecule has 27 heavy (non-hydrogen) atoms. The predicted molar refractivity (Wildman–Crippen MR) is 107 cm³/mol. The van der Waals surface area contributed by atoms with Gasteiger partial charge in [0.05, 0.1) is 0 Å². The molecule has 0 aromatic heterocycles. The van der Waals surface area contributed by atoms with Crippen molar-refractivity contribution in [1.29, 1.82) is 0 Å². The standard InChI is InChI=1S/C23H30N2O2/c26-21(7-6-17-4-2-1-3-5-17)24-8-9-25-22(27)16-23-13-18-10-19(14-23)12-20(11-18)15-23/h1-7,18-20H,8-16H2,(H,24,26)(H,25,27)/b7-6+. The van der Waals surface area contributed by atoms with Gasteiger partial charge in [0.1, 0.15) is 0 Å². The molecule has 1 aromatic carbocycles. The minimum Gasteiger partial charge on any atom is -0.354 e. The molecule has 2 amide bonds. The molecule has 4 heteroatoms. The Bertz CT molecular complexity index is 675. The fourth-order valence-electron chi connectivity index (χ4n) is 6.09. The first kappa shape index (κ1) is 18.3. The first-order valence-electron chi connectivity index (χ1n) is 10.4. The molecule has 0 spiro atoms. The Balaban J connectivity index is 1.16. The van der Waals surface area contributed by atoms with Crippen LogP contribution in [-0.4, -0.2) is 24.9 Å². The lowest BCUT2D eigenvalue weighted by Gasteiger charge is -2.56. The number of rotatable bonds is 7. The van der Waals surface area contributed by atoms with Gasteiger partial charge in [0.2, 0.25) is 11.8 Å². The highest BCUT2D eigenvalue weighted by molar-refractivity contribution is 5.91. The summed E-state index contributed by atoms with van der Waals surface area (Å²) in [5.74, 6) is 2.65. The molecule has 0 atom stereocenters. The van der Waals surface area contributed by atoms with E-state index in [9.17, 15) is 9.59 Å². The fraction of sp³-hybridized carbons (Fsp3) is 0.565. The van der Waals surface area contributed by atoms with E-state index in [1.165, 1.54) is 44.6 Å². The normalized spacial score (nSPS) is 31.2. The predicted octanol–water partition coefficient (Wildman–Crippen LogP) is 3.54. The molecule has 2 N–H and O–H groups in total. The highest BCUT2D eigenvalue weighted by Crippen LogP contribution is 2.61. The quantitative estimate of drug-likeness (QED) is 0.573. The zero-order valence-electron chi connectivity index (χ0n) is 16.0. The SMILES string of the molecule is O=C(/C=C/c1ccccc1)NCCNC(=O)CC12CC3CC(CC(C3)C1)C2. The summed E-state index contributed by atoms with van der Waals surface area (Å²) in [5, 5.41) is 5.84. The van der Waals surface area contributed by atoms with Gasteiger partial charge in [-0.3, -0.25) is 9.59 Å². The Labute approximate surface area is 161 Å². The van der Waals surface area contributed by atoms with Crippen LogP contribution in [0.15, 0.2) is 36.4 Å². The van der Waals surface area contributed by atoms with Crippen LogP contribution in [0.2, 0.25) is 0 Å². The molecule has 1 aromatic rings. The topological polar surface area (TPSA) is 58.2 Å². The maximum absolute atomic E-state index is 12.4. The van der Waals surface area contributed by atoms with E-state index in [0.29, 0.717) is 19.5 Å². The molecular weight excluding hydrogens is 336 g/mol. The highest BCUT2D eigenvalue weighted by atomic mass is 16.2. The van der Waals surface area contributed by atoms with E-state index in [-0.39, 0.29) is 17.2 Å². The van der Waals surface area contributed by atoms with Crippen molar-refractivity contribution in [3.63, 3.8) is 0 Å². The van der Waals surface area contributed by atoms with Gasteiger partial charge in [0, 0.05) is 25.6 Å². The lowest BCUT2D eigenvalue weighted by atomic mass is 9.49. The molecular formula is C23H30N2O2. The zero-order chi connectivity index (χ0) is 18.7. The third kappa shape index (κ3) is 4.60. The molecule has 4 saturated carbocycles. The van der Waals surface area contributed by atoms with Crippen molar-refractivity contribution < 1.29 is 9.59 Å².